The fraction of sp³-hybridized carbons (Fsp3) is 0.567. The molecule has 1 fully saturated rings. The lowest BCUT2D eigenvalue weighted by atomic mass is 9.95. The Morgan fingerprint density at radius 1 is 1.05 bits per heavy atom. The Hall–Kier alpha value is -2.93. The first-order valence-electron chi connectivity index (χ1n) is 13.4. The van der Waals surface area contributed by atoms with Crippen molar-refractivity contribution in [3.8, 4) is 0 Å². The molecule has 0 spiro atoms. The van der Waals surface area contributed by atoms with Gasteiger partial charge in [0, 0.05) is 6.42 Å². The van der Waals surface area contributed by atoms with Crippen LogP contribution in [0.3, 0.4) is 0 Å². The summed E-state index contributed by atoms with van der Waals surface area (Å²) in [7, 11) is 0. The Morgan fingerprint density at radius 2 is 1.68 bits per heavy atom. The molecule has 0 bridgehead atoms. The van der Waals surface area contributed by atoms with Crippen LogP contribution in [0.2, 0.25) is 0 Å². The Kier molecular flexibility index (Phi) is 12.6. The average molecular weight is 513 g/mol. The molecular formula is C30H44N2O5. The van der Waals surface area contributed by atoms with Gasteiger partial charge in [-0.2, -0.15) is 0 Å². The summed E-state index contributed by atoms with van der Waals surface area (Å²) in [6, 6.07) is 9.37. The zero-order valence-electron chi connectivity index (χ0n) is 22.4. The number of amides is 2. The fourth-order valence-corrected chi connectivity index (χ4v) is 4.78. The average Bonchev–Trinajstić information content (AvgIpc) is 3.34. The van der Waals surface area contributed by atoms with Gasteiger partial charge in [0.15, 0.2) is 0 Å². The lowest BCUT2D eigenvalue weighted by Crippen LogP contribution is -2.51. The molecule has 1 saturated carbocycles. The van der Waals surface area contributed by atoms with Gasteiger partial charge in [0.1, 0.15) is 6.61 Å². The normalized spacial score (nSPS) is 16.9. The second-order valence-electron chi connectivity index (χ2n) is 10.5. The van der Waals surface area contributed by atoms with Crippen LogP contribution in [0.4, 0.5) is 0 Å². The zero-order valence-corrected chi connectivity index (χ0v) is 22.4. The first-order valence-corrected chi connectivity index (χ1v) is 13.4. The van der Waals surface area contributed by atoms with Gasteiger partial charge in [-0.25, -0.2) is 0 Å². The van der Waals surface area contributed by atoms with E-state index in [0.29, 0.717) is 19.3 Å². The standard InChI is InChI=1S/C30H44N2O5/c1-5-12-24(19-27(34)32-30(21-33)16-10-11-17-30)28(35)31-26(22(3)4)20-37-29(36)25(13-6-2)18-23-14-8-7-9-15-23/h5-9,14-15,22,24-26,33H,1-2,10-13,16-21H2,3-4H3,(H,31,35)(H,32,34)/t24-,25-,26-/m1/s1. The molecule has 1 aromatic carbocycles. The van der Waals surface area contributed by atoms with E-state index in [2.05, 4.69) is 23.8 Å². The number of aliphatic hydroxyl groups excluding tert-OH is 1. The molecular weight excluding hydrogens is 468 g/mol. The summed E-state index contributed by atoms with van der Waals surface area (Å²) >= 11 is 0. The lowest BCUT2D eigenvalue weighted by molar-refractivity contribution is -0.150. The molecule has 0 radical (unpaired) electrons. The van der Waals surface area contributed by atoms with Crippen LogP contribution in [-0.2, 0) is 25.5 Å². The molecule has 7 nitrogen and oxygen atoms in total. The van der Waals surface area contributed by atoms with Crippen molar-refractivity contribution in [1.82, 2.24) is 10.6 Å². The van der Waals surface area contributed by atoms with Crippen molar-refractivity contribution in [2.24, 2.45) is 17.8 Å². The molecule has 0 aliphatic heterocycles. The first kappa shape index (κ1) is 30.3. The molecule has 0 aromatic heterocycles. The molecule has 1 aromatic rings. The predicted molar refractivity (Wildman–Crippen MR) is 146 cm³/mol. The maximum Gasteiger partial charge on any atom is 0.309 e. The summed E-state index contributed by atoms with van der Waals surface area (Å²) in [4.78, 5) is 38.8. The van der Waals surface area contributed by atoms with E-state index in [1.54, 1.807) is 12.2 Å². The summed E-state index contributed by atoms with van der Waals surface area (Å²) < 4.78 is 5.66. The second kappa shape index (κ2) is 15.4. The van der Waals surface area contributed by atoms with Crippen LogP contribution in [0.1, 0.15) is 64.4 Å². The number of ether oxygens (including phenoxy) is 1. The third kappa shape index (κ3) is 9.80. The smallest absolute Gasteiger partial charge is 0.309 e. The second-order valence-corrected chi connectivity index (χ2v) is 10.5. The summed E-state index contributed by atoms with van der Waals surface area (Å²) in [6.45, 7) is 11.4. The van der Waals surface area contributed by atoms with Crippen LogP contribution in [-0.4, -0.2) is 47.7 Å². The molecule has 7 heteroatoms. The molecule has 1 aliphatic carbocycles. The van der Waals surface area contributed by atoms with Crippen molar-refractivity contribution in [3.05, 3.63) is 61.2 Å². The molecule has 3 N–H and O–H groups in total. The predicted octanol–water partition coefficient (Wildman–Crippen LogP) is 4.11. The number of esters is 1. The molecule has 1 aliphatic rings. The largest absolute Gasteiger partial charge is 0.463 e. The molecule has 2 amide bonds. The van der Waals surface area contributed by atoms with Crippen molar-refractivity contribution in [2.75, 3.05) is 13.2 Å². The van der Waals surface area contributed by atoms with Gasteiger partial charge >= 0.3 is 5.97 Å². The van der Waals surface area contributed by atoms with Crippen molar-refractivity contribution >= 4 is 17.8 Å². The number of aliphatic hydroxyl groups is 1. The Bertz CT molecular complexity index is 892. The molecule has 0 saturated heterocycles. The van der Waals surface area contributed by atoms with Gasteiger partial charge in [-0.3, -0.25) is 14.4 Å². The highest BCUT2D eigenvalue weighted by Crippen LogP contribution is 2.29. The van der Waals surface area contributed by atoms with E-state index in [0.717, 1.165) is 31.2 Å². The zero-order chi connectivity index (χ0) is 27.3. The molecule has 0 unspecified atom stereocenters. The van der Waals surface area contributed by atoms with Crippen molar-refractivity contribution in [1.29, 1.82) is 0 Å². The number of nitrogens with one attached hydrogen (secondary N) is 2. The van der Waals surface area contributed by atoms with Gasteiger partial charge in [0.2, 0.25) is 11.8 Å². The van der Waals surface area contributed by atoms with Gasteiger partial charge in [0.25, 0.3) is 0 Å². The third-order valence-electron chi connectivity index (χ3n) is 7.17. The van der Waals surface area contributed by atoms with Gasteiger partial charge in [-0.15, -0.1) is 13.2 Å². The van der Waals surface area contributed by atoms with Crippen LogP contribution in [0.25, 0.3) is 0 Å². The minimum absolute atomic E-state index is 0.00267. The Labute approximate surface area is 221 Å². The summed E-state index contributed by atoms with van der Waals surface area (Å²) in [6.07, 6.45) is 8.15. The highest BCUT2D eigenvalue weighted by atomic mass is 16.5. The monoisotopic (exact) mass is 512 g/mol. The minimum atomic E-state index is -0.599. The number of carbonyl (C=O) groups is 3. The Morgan fingerprint density at radius 3 is 2.24 bits per heavy atom. The van der Waals surface area contributed by atoms with Crippen molar-refractivity contribution in [2.45, 2.75) is 76.8 Å². The van der Waals surface area contributed by atoms with Crippen LogP contribution in [0, 0.1) is 17.8 Å². The first-order chi connectivity index (χ1) is 17.7. The quantitative estimate of drug-likeness (QED) is 0.228. The lowest BCUT2D eigenvalue weighted by Gasteiger charge is -2.29. The van der Waals surface area contributed by atoms with Gasteiger partial charge < -0.3 is 20.5 Å². The van der Waals surface area contributed by atoms with E-state index in [9.17, 15) is 19.5 Å². The molecule has 204 valence electrons. The number of allylic oxidation sites excluding steroid dienone is 2. The van der Waals surface area contributed by atoms with E-state index in [1.165, 1.54) is 0 Å². The summed E-state index contributed by atoms with van der Waals surface area (Å²) in [5.74, 6) is -1.79. The van der Waals surface area contributed by atoms with E-state index in [-0.39, 0.29) is 49.3 Å². The summed E-state index contributed by atoms with van der Waals surface area (Å²) in [5, 5.41) is 15.7. The topological polar surface area (TPSA) is 105 Å². The van der Waals surface area contributed by atoms with E-state index in [1.807, 2.05) is 44.2 Å². The minimum Gasteiger partial charge on any atom is -0.463 e. The van der Waals surface area contributed by atoms with Crippen molar-refractivity contribution in [3.63, 3.8) is 0 Å². The molecule has 37 heavy (non-hydrogen) atoms. The van der Waals surface area contributed by atoms with Gasteiger partial charge in [-0.05, 0) is 43.6 Å². The number of benzene rings is 1. The SMILES string of the molecule is C=CC[C@H](CC(=O)NC1(CO)CCCC1)C(=O)N[C@H](COC(=O)[C@H](CC=C)Cc1ccccc1)C(C)C. The molecule has 3 atom stereocenters. The van der Waals surface area contributed by atoms with Crippen LogP contribution < -0.4 is 10.6 Å². The molecule has 0 heterocycles. The molecule has 2 rings (SSSR count). The number of hydrogen-bond donors (Lipinski definition) is 3. The van der Waals surface area contributed by atoms with Crippen LogP contribution >= 0.6 is 0 Å². The number of carbonyl (C=O) groups excluding carboxylic acids is 3. The number of rotatable bonds is 16. The van der Waals surface area contributed by atoms with E-state index < -0.39 is 17.5 Å². The highest BCUT2D eigenvalue weighted by molar-refractivity contribution is 5.86. The van der Waals surface area contributed by atoms with Crippen LogP contribution in [0.15, 0.2) is 55.6 Å². The van der Waals surface area contributed by atoms with Crippen molar-refractivity contribution < 1.29 is 24.2 Å². The van der Waals surface area contributed by atoms with Gasteiger partial charge in [0.05, 0.1) is 30.0 Å². The maximum atomic E-state index is 13.2. The van der Waals surface area contributed by atoms with E-state index >= 15 is 0 Å². The van der Waals surface area contributed by atoms with Crippen LogP contribution in [0.5, 0.6) is 0 Å². The van der Waals surface area contributed by atoms with E-state index in [4.69, 9.17) is 4.74 Å². The number of hydrogen-bond acceptors (Lipinski definition) is 5. The third-order valence-corrected chi connectivity index (χ3v) is 7.17. The summed E-state index contributed by atoms with van der Waals surface area (Å²) in [5.41, 5.74) is 0.467. The maximum absolute atomic E-state index is 13.2. The van der Waals surface area contributed by atoms with Gasteiger partial charge in [-0.1, -0.05) is 69.2 Å². The highest BCUT2D eigenvalue weighted by Gasteiger charge is 2.35. The fourth-order valence-electron chi connectivity index (χ4n) is 4.78. The Balaban J connectivity index is 1.97.